The number of carbonyl (C=O) groups is 1. The number of anilines is 2. The van der Waals surface area contributed by atoms with Gasteiger partial charge in [0.2, 0.25) is 0 Å². The van der Waals surface area contributed by atoms with Crippen LogP contribution in [0.25, 0.3) is 0 Å². The summed E-state index contributed by atoms with van der Waals surface area (Å²) < 4.78 is 14.2. The first-order valence-corrected chi connectivity index (χ1v) is 8.35. The van der Waals surface area contributed by atoms with Crippen LogP contribution in [0.5, 0.6) is 0 Å². The molecule has 0 radical (unpaired) electrons. The predicted octanol–water partition coefficient (Wildman–Crippen LogP) is 4.18. The number of nitrogens with one attached hydrogen (secondary N) is 2. The number of rotatable bonds is 6. The number of benzene rings is 1. The number of hydrogen-bond donors (Lipinski definition) is 2. The lowest BCUT2D eigenvalue weighted by molar-refractivity contribution is 0.102. The number of aromatic nitrogens is 2. The fourth-order valence-electron chi connectivity index (χ4n) is 2.34. The molecule has 0 aliphatic carbocycles. The Kier molecular flexibility index (Phi) is 5.76. The molecule has 0 saturated heterocycles. The van der Waals surface area contributed by atoms with E-state index in [1.807, 2.05) is 12.1 Å². The van der Waals surface area contributed by atoms with E-state index in [-0.39, 0.29) is 5.56 Å². The summed E-state index contributed by atoms with van der Waals surface area (Å²) in [6.45, 7) is 0.560. The van der Waals surface area contributed by atoms with Crippen molar-refractivity contribution in [3.05, 3.63) is 83.2 Å². The van der Waals surface area contributed by atoms with Gasteiger partial charge in [-0.25, -0.2) is 9.37 Å². The third-order valence-corrected chi connectivity index (χ3v) is 3.89. The number of carbonyl (C=O) groups excluding carboxylic acids is 1. The van der Waals surface area contributed by atoms with Crippen molar-refractivity contribution in [1.29, 1.82) is 0 Å². The molecule has 2 N–H and O–H groups in total. The molecule has 0 spiro atoms. The Morgan fingerprint density at radius 1 is 1.15 bits per heavy atom. The molecule has 132 valence electrons. The first kappa shape index (κ1) is 17.8. The molecule has 2 heterocycles. The molecule has 0 unspecified atom stereocenters. The van der Waals surface area contributed by atoms with E-state index in [9.17, 15) is 9.18 Å². The minimum absolute atomic E-state index is 0.218. The van der Waals surface area contributed by atoms with Gasteiger partial charge in [0.25, 0.3) is 5.91 Å². The molecule has 3 aromatic rings. The van der Waals surface area contributed by atoms with Crippen molar-refractivity contribution in [1.82, 2.24) is 9.97 Å². The van der Waals surface area contributed by atoms with Crippen molar-refractivity contribution < 1.29 is 9.18 Å². The van der Waals surface area contributed by atoms with Gasteiger partial charge in [-0.15, -0.1) is 0 Å². The third-order valence-electron chi connectivity index (χ3n) is 3.67. The molecule has 1 aromatic carbocycles. The van der Waals surface area contributed by atoms with E-state index in [1.165, 1.54) is 12.3 Å². The van der Waals surface area contributed by atoms with Crippen molar-refractivity contribution in [2.45, 2.75) is 6.42 Å². The minimum atomic E-state index is -0.488. The molecule has 0 fully saturated rings. The zero-order chi connectivity index (χ0) is 18.4. The number of pyridine rings is 2. The van der Waals surface area contributed by atoms with Crippen LogP contribution in [0.3, 0.4) is 0 Å². The maximum atomic E-state index is 14.2. The largest absolute Gasteiger partial charge is 0.382 e. The highest BCUT2D eigenvalue weighted by Gasteiger charge is 2.10. The zero-order valence-corrected chi connectivity index (χ0v) is 14.5. The second kappa shape index (κ2) is 8.40. The standard InChI is InChI=1S/C19H16ClFN4O/c20-18-6-4-15(12-24-18)25-19(26)14-3-5-17(16(21)10-14)23-9-7-13-2-1-8-22-11-13/h1-6,8,10-12,23H,7,9H2,(H,25,26). The first-order chi connectivity index (χ1) is 12.6. The summed E-state index contributed by atoms with van der Waals surface area (Å²) in [6.07, 6.45) is 5.64. The Balaban J connectivity index is 1.59. The van der Waals surface area contributed by atoms with Crippen molar-refractivity contribution in [3.63, 3.8) is 0 Å². The highest BCUT2D eigenvalue weighted by atomic mass is 35.5. The van der Waals surface area contributed by atoms with E-state index in [0.29, 0.717) is 23.1 Å². The summed E-state index contributed by atoms with van der Waals surface area (Å²) in [4.78, 5) is 20.1. The van der Waals surface area contributed by atoms with Crippen LogP contribution in [0.2, 0.25) is 5.15 Å². The molecule has 3 rings (SSSR count). The molecule has 5 nitrogen and oxygen atoms in total. The highest BCUT2D eigenvalue weighted by Crippen LogP contribution is 2.17. The maximum Gasteiger partial charge on any atom is 0.255 e. The molecular weight excluding hydrogens is 355 g/mol. The minimum Gasteiger partial charge on any atom is -0.382 e. The average Bonchev–Trinajstić information content (AvgIpc) is 2.65. The lowest BCUT2D eigenvalue weighted by Gasteiger charge is -2.10. The lowest BCUT2D eigenvalue weighted by atomic mass is 10.1. The normalized spacial score (nSPS) is 10.4. The van der Waals surface area contributed by atoms with Gasteiger partial charge in [0.15, 0.2) is 0 Å². The Labute approximate surface area is 155 Å². The van der Waals surface area contributed by atoms with Crippen LogP contribution >= 0.6 is 11.6 Å². The van der Waals surface area contributed by atoms with Crippen LogP contribution < -0.4 is 10.6 Å². The van der Waals surface area contributed by atoms with E-state index < -0.39 is 11.7 Å². The lowest BCUT2D eigenvalue weighted by Crippen LogP contribution is -2.13. The zero-order valence-electron chi connectivity index (χ0n) is 13.7. The Morgan fingerprint density at radius 3 is 2.73 bits per heavy atom. The summed E-state index contributed by atoms with van der Waals surface area (Å²) in [5.74, 6) is -0.909. The molecule has 0 atom stereocenters. The summed E-state index contributed by atoms with van der Waals surface area (Å²) >= 11 is 5.70. The van der Waals surface area contributed by atoms with Gasteiger partial charge in [-0.3, -0.25) is 9.78 Å². The van der Waals surface area contributed by atoms with Crippen LogP contribution in [-0.2, 0) is 6.42 Å². The molecular formula is C19H16ClFN4O. The molecule has 0 aliphatic heterocycles. The van der Waals surface area contributed by atoms with E-state index in [4.69, 9.17) is 11.6 Å². The molecule has 2 aromatic heterocycles. The van der Waals surface area contributed by atoms with Gasteiger partial charge in [-0.05, 0) is 48.4 Å². The summed E-state index contributed by atoms with van der Waals surface area (Å²) in [5.41, 5.74) is 2.11. The number of amides is 1. The number of halogens is 2. The van der Waals surface area contributed by atoms with Crippen molar-refractivity contribution in [2.24, 2.45) is 0 Å². The molecule has 26 heavy (non-hydrogen) atoms. The van der Waals surface area contributed by atoms with Crippen LogP contribution in [-0.4, -0.2) is 22.4 Å². The number of hydrogen-bond acceptors (Lipinski definition) is 4. The van der Waals surface area contributed by atoms with E-state index >= 15 is 0 Å². The van der Waals surface area contributed by atoms with Gasteiger partial charge in [0, 0.05) is 24.5 Å². The predicted molar refractivity (Wildman–Crippen MR) is 100 cm³/mol. The van der Waals surface area contributed by atoms with Gasteiger partial charge in [0.05, 0.1) is 17.6 Å². The Morgan fingerprint density at radius 2 is 2.04 bits per heavy atom. The molecule has 1 amide bonds. The topological polar surface area (TPSA) is 66.9 Å². The maximum absolute atomic E-state index is 14.2. The summed E-state index contributed by atoms with van der Waals surface area (Å²) in [5, 5.41) is 6.00. The first-order valence-electron chi connectivity index (χ1n) is 7.97. The number of nitrogens with zero attached hydrogens (tertiary/aromatic N) is 2. The SMILES string of the molecule is O=C(Nc1ccc(Cl)nc1)c1ccc(NCCc2cccnc2)c(F)c1. The Bertz CT molecular complexity index is 888. The van der Waals surface area contributed by atoms with Gasteiger partial charge >= 0.3 is 0 Å². The van der Waals surface area contributed by atoms with Crippen LogP contribution in [0.1, 0.15) is 15.9 Å². The molecule has 0 saturated carbocycles. The summed E-state index contributed by atoms with van der Waals surface area (Å²) in [6, 6.07) is 11.3. The van der Waals surface area contributed by atoms with Crippen LogP contribution in [0.15, 0.2) is 61.1 Å². The monoisotopic (exact) mass is 370 g/mol. The van der Waals surface area contributed by atoms with Crippen molar-refractivity contribution in [3.8, 4) is 0 Å². The molecule has 0 aliphatic rings. The third kappa shape index (κ3) is 4.77. The smallest absolute Gasteiger partial charge is 0.255 e. The van der Waals surface area contributed by atoms with Gasteiger partial charge in [-0.1, -0.05) is 17.7 Å². The quantitative estimate of drug-likeness (QED) is 0.639. The average molecular weight is 371 g/mol. The molecule has 7 heteroatoms. The van der Waals surface area contributed by atoms with E-state index in [1.54, 1.807) is 36.7 Å². The van der Waals surface area contributed by atoms with Crippen LogP contribution in [0.4, 0.5) is 15.8 Å². The van der Waals surface area contributed by atoms with E-state index in [2.05, 4.69) is 20.6 Å². The van der Waals surface area contributed by atoms with Gasteiger partial charge in [-0.2, -0.15) is 0 Å². The van der Waals surface area contributed by atoms with Gasteiger partial charge < -0.3 is 10.6 Å². The fourth-order valence-corrected chi connectivity index (χ4v) is 2.45. The van der Waals surface area contributed by atoms with Crippen molar-refractivity contribution >= 4 is 28.9 Å². The summed E-state index contributed by atoms with van der Waals surface area (Å²) in [7, 11) is 0. The fraction of sp³-hybridized carbons (Fsp3) is 0.105. The highest BCUT2D eigenvalue weighted by molar-refractivity contribution is 6.29. The molecule has 0 bridgehead atoms. The second-order valence-corrected chi connectivity index (χ2v) is 5.94. The second-order valence-electron chi connectivity index (χ2n) is 5.56. The van der Waals surface area contributed by atoms with Crippen molar-refractivity contribution in [2.75, 3.05) is 17.2 Å². The van der Waals surface area contributed by atoms with Crippen LogP contribution in [0, 0.1) is 5.82 Å². The Hall–Kier alpha value is -2.99. The van der Waals surface area contributed by atoms with E-state index in [0.717, 1.165) is 12.0 Å². The van der Waals surface area contributed by atoms with Gasteiger partial charge in [0.1, 0.15) is 11.0 Å².